The summed E-state index contributed by atoms with van der Waals surface area (Å²) in [7, 11) is 8.91. The van der Waals surface area contributed by atoms with Gasteiger partial charge in [-0.2, -0.15) is 0 Å². The number of ether oxygens (including phenoxy) is 4. The molecule has 5 heteroatoms. The highest BCUT2D eigenvalue weighted by Gasteiger charge is 2.34. The molecule has 1 saturated heterocycles. The third-order valence-corrected chi connectivity index (χ3v) is 2.04. The van der Waals surface area contributed by atoms with Crippen LogP contribution >= 0.6 is 0 Å². The number of hydrogen-bond acceptors (Lipinski definition) is 4. The van der Waals surface area contributed by atoms with Gasteiger partial charge < -0.3 is 18.9 Å². The second-order valence-corrected chi connectivity index (χ2v) is 2.90. The van der Waals surface area contributed by atoms with Crippen molar-refractivity contribution in [3.8, 4) is 0 Å². The molecule has 74 valence electrons. The summed E-state index contributed by atoms with van der Waals surface area (Å²) in [5, 5.41) is 0. The minimum Gasteiger partial charge on any atom is -0.382 e. The van der Waals surface area contributed by atoms with E-state index in [-0.39, 0.29) is 18.2 Å². The van der Waals surface area contributed by atoms with Gasteiger partial charge in [0.25, 0.3) is 0 Å². The third-order valence-electron chi connectivity index (χ3n) is 2.04. The van der Waals surface area contributed by atoms with Crippen molar-refractivity contribution in [2.24, 2.45) is 0 Å². The van der Waals surface area contributed by atoms with E-state index in [0.29, 0.717) is 19.8 Å². The first-order valence-corrected chi connectivity index (χ1v) is 4.30. The van der Waals surface area contributed by atoms with Gasteiger partial charge in [0.2, 0.25) is 0 Å². The van der Waals surface area contributed by atoms with Crippen molar-refractivity contribution in [1.82, 2.24) is 0 Å². The first-order valence-electron chi connectivity index (χ1n) is 4.30. The van der Waals surface area contributed by atoms with Gasteiger partial charge in [0.15, 0.2) is 0 Å². The Balaban J connectivity index is 2.27. The highest BCUT2D eigenvalue weighted by atomic mass is 16.6. The topological polar surface area (TPSA) is 36.9 Å². The van der Waals surface area contributed by atoms with Crippen LogP contribution in [-0.2, 0) is 18.9 Å². The van der Waals surface area contributed by atoms with E-state index in [1.54, 1.807) is 14.2 Å². The molecule has 0 spiro atoms. The maximum absolute atomic E-state index is 5.66. The lowest BCUT2D eigenvalue weighted by Crippen LogP contribution is -2.35. The maximum Gasteiger partial charge on any atom is 0.112 e. The molecule has 4 nitrogen and oxygen atoms in total. The molecule has 0 amide bonds. The van der Waals surface area contributed by atoms with Gasteiger partial charge in [0.1, 0.15) is 20.1 Å². The molecular weight excluding hydrogens is 171 g/mol. The molecule has 0 aromatic rings. The van der Waals surface area contributed by atoms with E-state index in [0.717, 1.165) is 0 Å². The van der Waals surface area contributed by atoms with Crippen molar-refractivity contribution in [2.75, 3.05) is 34.0 Å². The zero-order valence-electron chi connectivity index (χ0n) is 8.06. The predicted molar refractivity (Wildman–Crippen MR) is 47.9 cm³/mol. The molecule has 0 aromatic carbocycles. The van der Waals surface area contributed by atoms with Crippen molar-refractivity contribution >= 4 is 7.85 Å². The molecular formula is C8H15BO4. The smallest absolute Gasteiger partial charge is 0.112 e. The molecule has 0 aliphatic carbocycles. The van der Waals surface area contributed by atoms with Gasteiger partial charge in [-0.05, 0) is 0 Å². The van der Waals surface area contributed by atoms with Crippen LogP contribution in [0.1, 0.15) is 0 Å². The normalized spacial score (nSPS) is 33.8. The Morgan fingerprint density at radius 2 is 2.15 bits per heavy atom. The summed E-state index contributed by atoms with van der Waals surface area (Å²) in [5.41, 5.74) is 0. The summed E-state index contributed by atoms with van der Waals surface area (Å²) >= 11 is 0. The van der Waals surface area contributed by atoms with E-state index >= 15 is 0 Å². The average Bonchev–Trinajstić information content (AvgIpc) is 2.48. The lowest BCUT2D eigenvalue weighted by Gasteiger charge is -2.20. The molecule has 1 aliphatic rings. The highest BCUT2D eigenvalue weighted by molar-refractivity contribution is 6.11. The summed E-state index contributed by atoms with van der Waals surface area (Å²) in [5.74, 6) is 0. The van der Waals surface area contributed by atoms with E-state index in [4.69, 9.17) is 26.8 Å². The molecule has 2 radical (unpaired) electrons. The maximum atomic E-state index is 5.66. The van der Waals surface area contributed by atoms with Crippen molar-refractivity contribution in [1.29, 1.82) is 0 Å². The van der Waals surface area contributed by atoms with Crippen LogP contribution < -0.4 is 0 Å². The van der Waals surface area contributed by atoms with Crippen LogP contribution in [0.2, 0.25) is 0 Å². The molecule has 0 N–H and O–H groups in total. The van der Waals surface area contributed by atoms with E-state index in [2.05, 4.69) is 0 Å². The standard InChI is InChI=1S/C8H15BO4/c1-10-3-4-12-7-6(11-2)5-13-8(7)9/h6-8H,3-5H2,1-2H3/t6-,7?,8+/m0/s1. The van der Waals surface area contributed by atoms with Crippen molar-refractivity contribution in [3.05, 3.63) is 0 Å². The minimum absolute atomic E-state index is 0.0631. The van der Waals surface area contributed by atoms with Crippen molar-refractivity contribution in [2.45, 2.75) is 18.2 Å². The zero-order chi connectivity index (χ0) is 9.68. The Hall–Kier alpha value is -0.0951. The van der Waals surface area contributed by atoms with Crippen LogP contribution in [0.5, 0.6) is 0 Å². The fourth-order valence-corrected chi connectivity index (χ4v) is 1.28. The zero-order valence-corrected chi connectivity index (χ0v) is 8.06. The number of rotatable bonds is 5. The Morgan fingerprint density at radius 3 is 2.77 bits per heavy atom. The monoisotopic (exact) mass is 186 g/mol. The van der Waals surface area contributed by atoms with Crippen LogP contribution in [0.3, 0.4) is 0 Å². The fourth-order valence-electron chi connectivity index (χ4n) is 1.28. The van der Waals surface area contributed by atoms with Gasteiger partial charge in [0.05, 0.1) is 19.8 Å². The van der Waals surface area contributed by atoms with Crippen LogP contribution in [0.4, 0.5) is 0 Å². The third kappa shape index (κ3) is 2.95. The van der Waals surface area contributed by atoms with Gasteiger partial charge in [0, 0.05) is 20.2 Å². The summed E-state index contributed by atoms with van der Waals surface area (Å²) in [6.45, 7) is 1.56. The van der Waals surface area contributed by atoms with Crippen LogP contribution in [0.15, 0.2) is 0 Å². The molecule has 1 heterocycles. The first-order chi connectivity index (χ1) is 6.29. The first kappa shape index (κ1) is 11.0. The summed E-state index contributed by atoms with van der Waals surface area (Å²) in [6, 6.07) is -0.387. The van der Waals surface area contributed by atoms with Gasteiger partial charge in [-0.3, -0.25) is 0 Å². The number of hydrogen-bond donors (Lipinski definition) is 0. The Kier molecular flexibility index (Phi) is 4.73. The van der Waals surface area contributed by atoms with Gasteiger partial charge in [-0.1, -0.05) is 0 Å². The van der Waals surface area contributed by atoms with E-state index in [9.17, 15) is 0 Å². The molecule has 3 atom stereocenters. The molecule has 0 saturated carbocycles. The summed E-state index contributed by atoms with van der Waals surface area (Å²) in [4.78, 5) is 0. The van der Waals surface area contributed by atoms with E-state index < -0.39 is 0 Å². The molecule has 13 heavy (non-hydrogen) atoms. The largest absolute Gasteiger partial charge is 0.382 e. The van der Waals surface area contributed by atoms with Crippen LogP contribution in [0, 0.1) is 0 Å². The highest BCUT2D eigenvalue weighted by Crippen LogP contribution is 2.17. The average molecular weight is 186 g/mol. The Bertz CT molecular complexity index is 144. The lowest BCUT2D eigenvalue weighted by molar-refractivity contribution is -0.0481. The molecule has 1 fully saturated rings. The van der Waals surface area contributed by atoms with E-state index in [1.807, 2.05) is 0 Å². The molecule has 1 unspecified atom stereocenters. The Morgan fingerprint density at radius 1 is 1.38 bits per heavy atom. The summed E-state index contributed by atoms with van der Waals surface area (Å²) in [6.07, 6.45) is -0.244. The summed E-state index contributed by atoms with van der Waals surface area (Å²) < 4.78 is 20.7. The second kappa shape index (κ2) is 5.60. The minimum atomic E-state index is -0.387. The number of methoxy groups -OCH3 is 2. The lowest BCUT2D eigenvalue weighted by atomic mass is 9.93. The predicted octanol–water partition coefficient (Wildman–Crippen LogP) is -0.442. The molecule has 1 rings (SSSR count). The van der Waals surface area contributed by atoms with E-state index in [1.165, 1.54) is 0 Å². The van der Waals surface area contributed by atoms with Crippen LogP contribution in [0.25, 0.3) is 0 Å². The van der Waals surface area contributed by atoms with Crippen molar-refractivity contribution in [3.63, 3.8) is 0 Å². The van der Waals surface area contributed by atoms with Gasteiger partial charge in [-0.25, -0.2) is 0 Å². The molecule has 0 aromatic heterocycles. The molecule has 1 aliphatic heterocycles. The van der Waals surface area contributed by atoms with Gasteiger partial charge in [-0.15, -0.1) is 0 Å². The van der Waals surface area contributed by atoms with Crippen LogP contribution in [-0.4, -0.2) is 60.1 Å². The van der Waals surface area contributed by atoms with Gasteiger partial charge >= 0.3 is 0 Å². The SMILES string of the molecule is [B][C@@H]1OC[C@H](OC)C1OCCOC. The molecule has 0 bridgehead atoms. The second-order valence-electron chi connectivity index (χ2n) is 2.90. The fraction of sp³-hybridized carbons (Fsp3) is 1.00. The Labute approximate surface area is 79.9 Å². The quantitative estimate of drug-likeness (QED) is 0.430. The van der Waals surface area contributed by atoms with Crippen molar-refractivity contribution < 1.29 is 18.9 Å².